The van der Waals surface area contributed by atoms with Gasteiger partial charge >= 0.3 is 0 Å². The molecule has 0 aliphatic rings. The Bertz CT molecular complexity index is 768. The number of thioether (sulfide) groups is 1. The molecule has 0 heterocycles. The molecular weight excluding hydrogens is 418 g/mol. The van der Waals surface area contributed by atoms with Gasteiger partial charge in [0, 0.05) is 4.91 Å². The van der Waals surface area contributed by atoms with Crippen molar-refractivity contribution in [3.05, 3.63) is 51.9 Å². The van der Waals surface area contributed by atoms with Gasteiger partial charge in [-0.2, -0.15) is 5.26 Å². The van der Waals surface area contributed by atoms with E-state index < -0.39 is 0 Å². The van der Waals surface area contributed by atoms with Crippen LogP contribution in [0.25, 0.3) is 4.91 Å². The molecule has 0 saturated carbocycles. The third-order valence-corrected chi connectivity index (χ3v) is 8.12. The first-order valence-corrected chi connectivity index (χ1v) is 14.5. The topological polar surface area (TPSA) is 23.8 Å². The maximum Gasteiger partial charge on any atom is 0.0991 e. The average molecular weight is 468 g/mol. The molecule has 0 aliphatic carbocycles. The molecule has 0 aromatic heterocycles. The number of hydrogen-bond donors (Lipinski definition) is 0. The molecule has 33 heavy (non-hydrogen) atoms. The highest BCUT2D eigenvalue weighted by Gasteiger charge is 2.20. The van der Waals surface area contributed by atoms with Gasteiger partial charge in [0.1, 0.15) is 0 Å². The third-order valence-electron chi connectivity index (χ3n) is 6.71. The Morgan fingerprint density at radius 1 is 0.939 bits per heavy atom. The van der Waals surface area contributed by atoms with Crippen LogP contribution in [0.15, 0.2) is 35.3 Å². The zero-order valence-electron chi connectivity index (χ0n) is 22.4. The number of hydrogen-bond acceptors (Lipinski definition) is 2. The molecule has 0 saturated heterocycles. The Labute approximate surface area is 210 Å². The van der Waals surface area contributed by atoms with Crippen LogP contribution in [0.4, 0.5) is 0 Å². The number of nitriles is 1. The van der Waals surface area contributed by atoms with Crippen LogP contribution in [0.2, 0.25) is 0 Å². The van der Waals surface area contributed by atoms with Crippen LogP contribution in [0.5, 0.6) is 0 Å². The van der Waals surface area contributed by atoms with Gasteiger partial charge in [-0.3, -0.25) is 0 Å². The summed E-state index contributed by atoms with van der Waals surface area (Å²) in [4.78, 5) is 2.70. The molecule has 2 unspecified atom stereocenters. The molecule has 0 aliphatic heterocycles. The first kappa shape index (κ1) is 29.6. The Morgan fingerprint density at radius 2 is 1.73 bits per heavy atom. The molecular formula is C31H49NS. The predicted octanol–water partition coefficient (Wildman–Crippen LogP) is 10.7. The lowest BCUT2D eigenvalue weighted by molar-refractivity contribution is 0.273. The van der Waals surface area contributed by atoms with Gasteiger partial charge in [-0.15, -0.1) is 0 Å². The number of rotatable bonds is 17. The molecule has 0 bridgehead atoms. The van der Waals surface area contributed by atoms with Gasteiger partial charge in [-0.25, -0.2) is 0 Å². The van der Waals surface area contributed by atoms with Crippen molar-refractivity contribution in [1.82, 2.24) is 0 Å². The second kappa shape index (κ2) is 17.9. The quantitative estimate of drug-likeness (QED) is 0.213. The fourth-order valence-electron chi connectivity index (χ4n) is 4.75. The normalized spacial score (nSPS) is 14.2. The first-order valence-electron chi connectivity index (χ1n) is 13.6. The van der Waals surface area contributed by atoms with Crippen molar-refractivity contribution >= 4 is 16.7 Å². The van der Waals surface area contributed by atoms with Crippen LogP contribution in [0.1, 0.15) is 129 Å². The lowest BCUT2D eigenvalue weighted by Crippen LogP contribution is -2.17. The molecule has 0 amide bonds. The van der Waals surface area contributed by atoms with Crippen LogP contribution >= 0.6 is 11.8 Å². The molecule has 0 radical (unpaired) electrons. The molecule has 1 aromatic carbocycles. The van der Waals surface area contributed by atoms with Crippen molar-refractivity contribution in [2.75, 3.05) is 0 Å². The van der Waals surface area contributed by atoms with Crippen LogP contribution in [0.3, 0.4) is 0 Å². The summed E-state index contributed by atoms with van der Waals surface area (Å²) in [6, 6.07) is 9.06. The minimum absolute atomic E-state index is 0.700. The van der Waals surface area contributed by atoms with Crippen LogP contribution in [-0.2, 0) is 6.42 Å². The van der Waals surface area contributed by atoms with Crippen molar-refractivity contribution in [3.63, 3.8) is 0 Å². The fraction of sp³-hybridized carbons (Fsp3) is 0.645. The Morgan fingerprint density at radius 3 is 2.30 bits per heavy atom. The summed E-state index contributed by atoms with van der Waals surface area (Å²) >= 11 is 1.88. The average Bonchev–Trinajstić information content (AvgIpc) is 2.84. The highest BCUT2D eigenvalue weighted by molar-refractivity contribution is 8.11. The summed E-state index contributed by atoms with van der Waals surface area (Å²) in [6.45, 7) is 13.6. The van der Waals surface area contributed by atoms with Crippen molar-refractivity contribution in [2.24, 2.45) is 11.8 Å². The van der Waals surface area contributed by atoms with Crippen molar-refractivity contribution in [2.45, 2.75) is 119 Å². The largest absolute Gasteiger partial charge is 0.192 e. The van der Waals surface area contributed by atoms with E-state index in [9.17, 15) is 5.26 Å². The van der Waals surface area contributed by atoms with Crippen molar-refractivity contribution in [3.8, 4) is 6.07 Å². The second-order valence-corrected chi connectivity index (χ2v) is 10.5. The lowest BCUT2D eigenvalue weighted by atomic mass is 9.79. The zero-order valence-corrected chi connectivity index (χ0v) is 23.2. The highest BCUT2D eigenvalue weighted by Crippen LogP contribution is 2.37. The van der Waals surface area contributed by atoms with Gasteiger partial charge in [0.15, 0.2) is 0 Å². The minimum Gasteiger partial charge on any atom is -0.192 e. The fourth-order valence-corrected chi connectivity index (χ4v) is 5.74. The third kappa shape index (κ3) is 11.0. The lowest BCUT2D eigenvalue weighted by Gasteiger charge is -2.27. The van der Waals surface area contributed by atoms with Gasteiger partial charge in [-0.1, -0.05) is 122 Å². The van der Waals surface area contributed by atoms with E-state index in [2.05, 4.69) is 78.0 Å². The molecule has 2 atom stereocenters. The maximum atomic E-state index is 9.78. The summed E-state index contributed by atoms with van der Waals surface area (Å²) in [5.74, 6) is 1.50. The number of benzene rings is 1. The van der Waals surface area contributed by atoms with Gasteiger partial charge in [0.05, 0.1) is 11.6 Å². The number of unbranched alkanes of at least 4 members (excludes halogenated alkanes) is 4. The Kier molecular flexibility index (Phi) is 16.1. The number of allylic oxidation sites excluding steroid dienone is 3. The molecule has 2 heteroatoms. The molecule has 1 rings (SSSR count). The van der Waals surface area contributed by atoms with Crippen LogP contribution in [0, 0.1) is 23.2 Å². The van der Waals surface area contributed by atoms with Gasteiger partial charge in [-0.05, 0) is 66.2 Å². The SMILES string of the molecule is C/C=C(/CC)S/C(=C/CCC)c1cc(C#N)cc(CC(CC)C(CCC)CCCCCC)c1. The monoisotopic (exact) mass is 467 g/mol. The van der Waals surface area contributed by atoms with Crippen LogP contribution < -0.4 is 0 Å². The van der Waals surface area contributed by atoms with E-state index in [1.165, 1.54) is 72.3 Å². The van der Waals surface area contributed by atoms with Gasteiger partial charge < -0.3 is 0 Å². The molecule has 1 nitrogen and oxygen atoms in total. The van der Waals surface area contributed by atoms with Gasteiger partial charge in [0.25, 0.3) is 0 Å². The van der Waals surface area contributed by atoms with E-state index in [4.69, 9.17) is 0 Å². The summed E-state index contributed by atoms with van der Waals surface area (Å²) < 4.78 is 0. The summed E-state index contributed by atoms with van der Waals surface area (Å²) in [5.41, 5.74) is 3.36. The van der Waals surface area contributed by atoms with E-state index in [1.807, 2.05) is 11.8 Å². The minimum atomic E-state index is 0.700. The van der Waals surface area contributed by atoms with E-state index >= 15 is 0 Å². The van der Waals surface area contributed by atoms with Crippen LogP contribution in [-0.4, -0.2) is 0 Å². The Hall–Kier alpha value is -1.46. The smallest absolute Gasteiger partial charge is 0.0991 e. The summed E-state index contributed by atoms with van der Waals surface area (Å²) in [6.07, 6.45) is 19.5. The van der Waals surface area contributed by atoms with Crippen molar-refractivity contribution in [1.29, 1.82) is 5.26 Å². The van der Waals surface area contributed by atoms with E-state index in [1.54, 1.807) is 0 Å². The molecule has 0 N–H and O–H groups in total. The summed E-state index contributed by atoms with van der Waals surface area (Å²) in [7, 11) is 0. The molecule has 1 aromatic rings. The molecule has 0 fully saturated rings. The molecule has 184 valence electrons. The summed E-state index contributed by atoms with van der Waals surface area (Å²) in [5, 5.41) is 9.78. The Balaban J connectivity index is 3.20. The van der Waals surface area contributed by atoms with Crippen molar-refractivity contribution < 1.29 is 0 Å². The van der Waals surface area contributed by atoms with E-state index in [-0.39, 0.29) is 0 Å². The zero-order chi connectivity index (χ0) is 24.5. The predicted molar refractivity (Wildman–Crippen MR) is 150 cm³/mol. The first-order chi connectivity index (χ1) is 16.1. The molecule has 0 spiro atoms. The van der Waals surface area contributed by atoms with E-state index in [0.29, 0.717) is 5.92 Å². The second-order valence-electron chi connectivity index (χ2n) is 9.37. The highest BCUT2D eigenvalue weighted by atomic mass is 32.2. The van der Waals surface area contributed by atoms with E-state index in [0.717, 1.165) is 37.2 Å². The maximum absolute atomic E-state index is 9.78. The standard InChI is InChI=1S/C31H49NS/c1-7-13-15-16-18-28(17-9-3)27(10-4)21-25-20-26(24-32)23-29(22-25)31(19-14-8-2)33-30(11-5)12-6/h11,19-20,22-23,27-28H,7-10,12-18,21H2,1-6H3/b30-11-,31-19+. The number of nitrogens with zero attached hydrogens (tertiary/aromatic N) is 1. The van der Waals surface area contributed by atoms with Gasteiger partial charge in [0.2, 0.25) is 0 Å².